The monoisotopic (exact) mass is 391 g/mol. The van der Waals surface area contributed by atoms with E-state index in [0.29, 0.717) is 11.8 Å². The molecule has 5 heteroatoms. The molecule has 0 bridgehead atoms. The van der Waals surface area contributed by atoms with E-state index < -0.39 is 0 Å². The average Bonchev–Trinajstić information content (AvgIpc) is 3.15. The fourth-order valence-corrected chi connectivity index (χ4v) is 3.94. The topological polar surface area (TPSA) is 58.2 Å². The molecule has 0 atom stereocenters. The number of fused-ring (bicyclic) bond motifs is 1. The predicted octanol–water partition coefficient (Wildman–Crippen LogP) is 4.78. The Morgan fingerprint density at radius 1 is 1.21 bits per heavy atom. The van der Waals surface area contributed by atoms with E-state index >= 15 is 0 Å². The first-order valence-electron chi connectivity index (χ1n) is 10.5. The number of amides is 1. The molecular weight excluding hydrogens is 362 g/mol. The SMILES string of the molecule is Cc1ccc2nc(C3CCN(C(=O)COc4cccc(C(C)C)c4)CC3)[nH]c2c1. The molecule has 0 spiro atoms. The van der Waals surface area contributed by atoms with Crippen molar-refractivity contribution in [2.75, 3.05) is 19.7 Å². The summed E-state index contributed by atoms with van der Waals surface area (Å²) in [4.78, 5) is 22.7. The fraction of sp³-hybridized carbons (Fsp3) is 0.417. The van der Waals surface area contributed by atoms with E-state index in [-0.39, 0.29) is 12.5 Å². The largest absolute Gasteiger partial charge is 0.484 e. The molecule has 1 N–H and O–H groups in total. The Hall–Kier alpha value is -2.82. The molecule has 2 heterocycles. The molecule has 1 aliphatic rings. The number of piperidine rings is 1. The molecular formula is C24H29N3O2. The fourth-order valence-electron chi connectivity index (χ4n) is 3.94. The van der Waals surface area contributed by atoms with Crippen LogP contribution < -0.4 is 4.74 Å². The number of likely N-dealkylation sites (tertiary alicyclic amines) is 1. The molecule has 29 heavy (non-hydrogen) atoms. The third-order valence-corrected chi connectivity index (χ3v) is 5.78. The Kier molecular flexibility index (Phi) is 5.56. The highest BCUT2D eigenvalue weighted by Gasteiger charge is 2.26. The van der Waals surface area contributed by atoms with E-state index in [0.717, 1.165) is 48.5 Å². The summed E-state index contributed by atoms with van der Waals surface area (Å²) >= 11 is 0. The van der Waals surface area contributed by atoms with Crippen molar-refractivity contribution in [3.63, 3.8) is 0 Å². The second kappa shape index (κ2) is 8.27. The van der Waals surface area contributed by atoms with Gasteiger partial charge in [0.15, 0.2) is 6.61 Å². The number of H-pyrrole nitrogens is 1. The lowest BCUT2D eigenvalue weighted by molar-refractivity contribution is -0.134. The highest BCUT2D eigenvalue weighted by atomic mass is 16.5. The lowest BCUT2D eigenvalue weighted by Gasteiger charge is -2.31. The summed E-state index contributed by atoms with van der Waals surface area (Å²) in [6.45, 7) is 7.97. The molecule has 1 saturated heterocycles. The van der Waals surface area contributed by atoms with Gasteiger partial charge >= 0.3 is 0 Å². The zero-order valence-corrected chi connectivity index (χ0v) is 17.4. The van der Waals surface area contributed by atoms with Crippen molar-refractivity contribution >= 4 is 16.9 Å². The number of hydrogen-bond acceptors (Lipinski definition) is 3. The minimum Gasteiger partial charge on any atom is -0.484 e. The van der Waals surface area contributed by atoms with Gasteiger partial charge in [-0.1, -0.05) is 32.0 Å². The molecule has 3 aromatic rings. The summed E-state index contributed by atoms with van der Waals surface area (Å²) in [6.07, 6.45) is 1.85. The van der Waals surface area contributed by atoms with Gasteiger partial charge in [-0.15, -0.1) is 0 Å². The molecule has 5 nitrogen and oxygen atoms in total. The summed E-state index contributed by atoms with van der Waals surface area (Å²) in [5, 5.41) is 0. The molecule has 0 aliphatic carbocycles. The maximum Gasteiger partial charge on any atom is 0.260 e. The van der Waals surface area contributed by atoms with E-state index in [1.165, 1.54) is 11.1 Å². The first kappa shape index (κ1) is 19.5. The number of carbonyl (C=O) groups is 1. The van der Waals surface area contributed by atoms with Gasteiger partial charge in [0.1, 0.15) is 11.6 Å². The quantitative estimate of drug-likeness (QED) is 0.681. The number of imidazole rings is 1. The molecule has 1 aliphatic heterocycles. The lowest BCUT2D eigenvalue weighted by Crippen LogP contribution is -2.40. The molecule has 2 aromatic carbocycles. The van der Waals surface area contributed by atoms with Crippen molar-refractivity contribution in [1.82, 2.24) is 14.9 Å². The van der Waals surface area contributed by atoms with Gasteiger partial charge < -0.3 is 14.6 Å². The number of nitrogens with zero attached hydrogens (tertiary/aromatic N) is 2. The Balaban J connectivity index is 1.31. The van der Waals surface area contributed by atoms with E-state index in [1.807, 2.05) is 23.1 Å². The number of aryl methyl sites for hydroxylation is 1. The van der Waals surface area contributed by atoms with Crippen LogP contribution in [0.15, 0.2) is 42.5 Å². The van der Waals surface area contributed by atoms with Crippen LogP contribution in [0.2, 0.25) is 0 Å². The third-order valence-electron chi connectivity index (χ3n) is 5.78. The van der Waals surface area contributed by atoms with Gasteiger partial charge in [0, 0.05) is 19.0 Å². The molecule has 1 fully saturated rings. The second-order valence-corrected chi connectivity index (χ2v) is 8.31. The van der Waals surface area contributed by atoms with Gasteiger partial charge in [0.2, 0.25) is 0 Å². The van der Waals surface area contributed by atoms with Gasteiger partial charge in [-0.25, -0.2) is 4.98 Å². The van der Waals surface area contributed by atoms with Crippen LogP contribution in [0.5, 0.6) is 5.75 Å². The van der Waals surface area contributed by atoms with E-state index in [2.05, 4.69) is 50.0 Å². The number of rotatable bonds is 5. The Morgan fingerprint density at radius 3 is 2.76 bits per heavy atom. The van der Waals surface area contributed by atoms with E-state index in [9.17, 15) is 4.79 Å². The normalized spacial score (nSPS) is 15.2. The zero-order valence-electron chi connectivity index (χ0n) is 17.4. The van der Waals surface area contributed by atoms with Gasteiger partial charge in [-0.05, 0) is 61.1 Å². The van der Waals surface area contributed by atoms with Crippen LogP contribution in [-0.2, 0) is 4.79 Å². The predicted molar refractivity (Wildman–Crippen MR) is 115 cm³/mol. The summed E-state index contributed by atoms with van der Waals surface area (Å²) in [7, 11) is 0. The maximum atomic E-state index is 12.6. The number of hydrogen-bond donors (Lipinski definition) is 1. The average molecular weight is 392 g/mol. The Morgan fingerprint density at radius 2 is 2.00 bits per heavy atom. The zero-order chi connectivity index (χ0) is 20.4. The van der Waals surface area contributed by atoms with Crippen LogP contribution in [0.25, 0.3) is 11.0 Å². The minimum atomic E-state index is 0.0543. The van der Waals surface area contributed by atoms with E-state index in [1.54, 1.807) is 0 Å². The number of ether oxygens (including phenoxy) is 1. The first-order valence-corrected chi connectivity index (χ1v) is 10.5. The summed E-state index contributed by atoms with van der Waals surface area (Å²) in [5.41, 5.74) is 4.56. The van der Waals surface area contributed by atoms with Gasteiger partial charge in [0.25, 0.3) is 5.91 Å². The molecule has 0 radical (unpaired) electrons. The third kappa shape index (κ3) is 4.44. The molecule has 0 saturated carbocycles. The van der Waals surface area contributed by atoms with Crippen molar-refractivity contribution in [3.05, 3.63) is 59.4 Å². The smallest absolute Gasteiger partial charge is 0.260 e. The molecule has 1 aromatic heterocycles. The van der Waals surface area contributed by atoms with Crippen LogP contribution in [0, 0.1) is 6.92 Å². The van der Waals surface area contributed by atoms with Crippen molar-refractivity contribution in [2.24, 2.45) is 0 Å². The molecule has 1 amide bonds. The minimum absolute atomic E-state index is 0.0543. The highest BCUT2D eigenvalue weighted by Crippen LogP contribution is 2.28. The van der Waals surface area contributed by atoms with Crippen LogP contribution >= 0.6 is 0 Å². The van der Waals surface area contributed by atoms with Crippen molar-refractivity contribution in [1.29, 1.82) is 0 Å². The number of nitrogens with one attached hydrogen (secondary N) is 1. The van der Waals surface area contributed by atoms with Gasteiger partial charge in [-0.3, -0.25) is 4.79 Å². The van der Waals surface area contributed by atoms with Crippen molar-refractivity contribution < 1.29 is 9.53 Å². The maximum absolute atomic E-state index is 12.6. The highest BCUT2D eigenvalue weighted by molar-refractivity contribution is 5.78. The summed E-state index contributed by atoms with van der Waals surface area (Å²) in [5.74, 6) is 2.67. The number of carbonyl (C=O) groups excluding carboxylic acids is 1. The second-order valence-electron chi connectivity index (χ2n) is 8.31. The van der Waals surface area contributed by atoms with Gasteiger partial charge in [0.05, 0.1) is 11.0 Å². The van der Waals surface area contributed by atoms with Crippen LogP contribution in [0.1, 0.15) is 55.5 Å². The van der Waals surface area contributed by atoms with Crippen molar-refractivity contribution in [3.8, 4) is 5.75 Å². The standard InChI is InChI=1S/C24H29N3O2/c1-16(2)19-5-4-6-20(14-19)29-15-23(28)27-11-9-18(10-12-27)24-25-21-8-7-17(3)13-22(21)26-24/h4-8,13-14,16,18H,9-12,15H2,1-3H3,(H,25,26). The Labute approximate surface area is 172 Å². The molecule has 0 unspecified atom stereocenters. The van der Waals surface area contributed by atoms with Crippen LogP contribution in [0.3, 0.4) is 0 Å². The first-order chi connectivity index (χ1) is 14.0. The summed E-state index contributed by atoms with van der Waals surface area (Å²) in [6, 6.07) is 14.3. The van der Waals surface area contributed by atoms with Crippen molar-refractivity contribution in [2.45, 2.75) is 45.4 Å². The summed E-state index contributed by atoms with van der Waals surface area (Å²) < 4.78 is 5.76. The Bertz CT molecular complexity index is 1000. The van der Waals surface area contributed by atoms with E-state index in [4.69, 9.17) is 9.72 Å². The number of aromatic nitrogens is 2. The molecule has 4 rings (SSSR count). The van der Waals surface area contributed by atoms with Crippen LogP contribution in [0.4, 0.5) is 0 Å². The van der Waals surface area contributed by atoms with Crippen LogP contribution in [-0.4, -0.2) is 40.5 Å². The number of aromatic amines is 1. The molecule has 152 valence electrons. The lowest BCUT2D eigenvalue weighted by atomic mass is 9.96. The van der Waals surface area contributed by atoms with Gasteiger partial charge in [-0.2, -0.15) is 0 Å². The number of benzene rings is 2.